The first-order valence-electron chi connectivity index (χ1n) is 5.67. The standard InChI is InChI=1S/C13H19N3/c1-10(2)4-3-7-16-13-6-5-12(15)8-11(13)9-14/h5-6,8,10,16H,3-4,7,15H2,1-2H3. The lowest BCUT2D eigenvalue weighted by atomic mass is 10.1. The topological polar surface area (TPSA) is 61.8 Å². The molecule has 0 heterocycles. The highest BCUT2D eigenvalue weighted by atomic mass is 14.9. The molecule has 1 rings (SSSR count). The van der Waals surface area contributed by atoms with Crippen molar-refractivity contribution in [2.45, 2.75) is 26.7 Å². The highest BCUT2D eigenvalue weighted by Crippen LogP contribution is 2.18. The van der Waals surface area contributed by atoms with Gasteiger partial charge in [0.15, 0.2) is 0 Å². The molecule has 0 fully saturated rings. The fourth-order valence-corrected chi connectivity index (χ4v) is 1.54. The molecule has 16 heavy (non-hydrogen) atoms. The lowest BCUT2D eigenvalue weighted by Gasteiger charge is -2.09. The second-order valence-corrected chi connectivity index (χ2v) is 4.38. The van der Waals surface area contributed by atoms with E-state index in [2.05, 4.69) is 25.2 Å². The molecular weight excluding hydrogens is 198 g/mol. The normalized spacial score (nSPS) is 10.1. The monoisotopic (exact) mass is 217 g/mol. The maximum absolute atomic E-state index is 8.94. The number of hydrogen-bond donors (Lipinski definition) is 2. The van der Waals surface area contributed by atoms with Crippen molar-refractivity contribution in [3.8, 4) is 6.07 Å². The Labute approximate surface area is 97.3 Å². The number of nitrogens with two attached hydrogens (primary N) is 1. The highest BCUT2D eigenvalue weighted by molar-refractivity contribution is 5.62. The van der Waals surface area contributed by atoms with Crippen LogP contribution < -0.4 is 11.1 Å². The number of benzene rings is 1. The Kier molecular flexibility index (Phi) is 4.65. The molecule has 0 atom stereocenters. The van der Waals surface area contributed by atoms with Crippen LogP contribution in [0.4, 0.5) is 11.4 Å². The van der Waals surface area contributed by atoms with E-state index in [9.17, 15) is 0 Å². The van der Waals surface area contributed by atoms with Crippen LogP contribution in [0.1, 0.15) is 32.3 Å². The largest absolute Gasteiger partial charge is 0.399 e. The fourth-order valence-electron chi connectivity index (χ4n) is 1.54. The molecule has 0 aromatic heterocycles. The molecular formula is C13H19N3. The van der Waals surface area contributed by atoms with Crippen molar-refractivity contribution < 1.29 is 0 Å². The molecule has 86 valence electrons. The summed E-state index contributed by atoms with van der Waals surface area (Å²) in [6.45, 7) is 5.32. The van der Waals surface area contributed by atoms with Gasteiger partial charge in [0.1, 0.15) is 6.07 Å². The minimum Gasteiger partial charge on any atom is -0.399 e. The van der Waals surface area contributed by atoms with Gasteiger partial charge in [-0.25, -0.2) is 0 Å². The zero-order valence-electron chi connectivity index (χ0n) is 9.96. The van der Waals surface area contributed by atoms with Crippen LogP contribution in [0.3, 0.4) is 0 Å². The third kappa shape index (κ3) is 3.82. The average Bonchev–Trinajstić information content (AvgIpc) is 2.25. The molecule has 0 bridgehead atoms. The maximum atomic E-state index is 8.94. The second-order valence-electron chi connectivity index (χ2n) is 4.38. The van der Waals surface area contributed by atoms with Crippen molar-refractivity contribution in [1.29, 1.82) is 5.26 Å². The van der Waals surface area contributed by atoms with Gasteiger partial charge in [-0.15, -0.1) is 0 Å². The van der Waals surface area contributed by atoms with E-state index in [4.69, 9.17) is 11.0 Å². The third-order valence-corrected chi connectivity index (χ3v) is 2.44. The summed E-state index contributed by atoms with van der Waals surface area (Å²) in [5.41, 5.74) is 7.74. The lowest BCUT2D eigenvalue weighted by molar-refractivity contribution is 0.567. The van der Waals surface area contributed by atoms with Gasteiger partial charge in [-0.2, -0.15) is 5.26 Å². The van der Waals surface area contributed by atoms with E-state index >= 15 is 0 Å². The molecule has 0 aliphatic rings. The van der Waals surface area contributed by atoms with Gasteiger partial charge < -0.3 is 11.1 Å². The Morgan fingerprint density at radius 3 is 2.81 bits per heavy atom. The van der Waals surface area contributed by atoms with E-state index in [0.29, 0.717) is 11.3 Å². The summed E-state index contributed by atoms with van der Waals surface area (Å²) in [6, 6.07) is 7.52. The van der Waals surface area contributed by atoms with Crippen LogP contribution in [0.25, 0.3) is 0 Å². The predicted octanol–water partition coefficient (Wildman–Crippen LogP) is 2.99. The third-order valence-electron chi connectivity index (χ3n) is 2.44. The molecule has 0 radical (unpaired) electrons. The Bertz CT molecular complexity index is 377. The number of hydrogen-bond acceptors (Lipinski definition) is 3. The molecule has 0 saturated heterocycles. The molecule has 0 saturated carbocycles. The first kappa shape index (κ1) is 12.4. The summed E-state index contributed by atoms with van der Waals surface area (Å²) in [6.07, 6.45) is 2.32. The quantitative estimate of drug-likeness (QED) is 0.588. The van der Waals surface area contributed by atoms with Crippen LogP contribution in [0.5, 0.6) is 0 Å². The smallest absolute Gasteiger partial charge is 0.101 e. The first-order valence-corrected chi connectivity index (χ1v) is 5.67. The molecule has 1 aromatic rings. The zero-order valence-corrected chi connectivity index (χ0v) is 9.96. The Hall–Kier alpha value is -1.69. The van der Waals surface area contributed by atoms with E-state index in [1.165, 1.54) is 6.42 Å². The van der Waals surface area contributed by atoms with Crippen LogP contribution in [-0.4, -0.2) is 6.54 Å². The Balaban J connectivity index is 2.51. The van der Waals surface area contributed by atoms with Gasteiger partial charge in [-0.1, -0.05) is 13.8 Å². The number of nitrogens with zero attached hydrogens (tertiary/aromatic N) is 1. The number of nitrogens with one attached hydrogen (secondary N) is 1. The van der Waals surface area contributed by atoms with Gasteiger partial charge in [0.2, 0.25) is 0 Å². The van der Waals surface area contributed by atoms with Crippen LogP contribution in [-0.2, 0) is 0 Å². The molecule has 0 spiro atoms. The number of nitrogen functional groups attached to an aromatic ring is 1. The highest BCUT2D eigenvalue weighted by Gasteiger charge is 2.01. The van der Waals surface area contributed by atoms with Gasteiger partial charge in [0.25, 0.3) is 0 Å². The van der Waals surface area contributed by atoms with Gasteiger partial charge in [0.05, 0.1) is 11.3 Å². The molecule has 0 aliphatic heterocycles. The van der Waals surface area contributed by atoms with E-state index in [-0.39, 0.29) is 0 Å². The summed E-state index contributed by atoms with van der Waals surface area (Å²) in [5, 5.41) is 12.2. The maximum Gasteiger partial charge on any atom is 0.101 e. The minimum atomic E-state index is 0.615. The van der Waals surface area contributed by atoms with Crippen molar-refractivity contribution in [2.75, 3.05) is 17.6 Å². The number of rotatable bonds is 5. The lowest BCUT2D eigenvalue weighted by Crippen LogP contribution is -2.04. The van der Waals surface area contributed by atoms with Crippen molar-refractivity contribution in [1.82, 2.24) is 0 Å². The van der Waals surface area contributed by atoms with E-state index < -0.39 is 0 Å². The molecule has 3 N–H and O–H groups in total. The number of anilines is 2. The molecule has 0 amide bonds. The van der Waals surface area contributed by atoms with Gasteiger partial charge in [-0.05, 0) is 37.0 Å². The number of nitriles is 1. The predicted molar refractivity (Wildman–Crippen MR) is 68.1 cm³/mol. The first-order chi connectivity index (χ1) is 7.63. The van der Waals surface area contributed by atoms with Crippen molar-refractivity contribution in [3.63, 3.8) is 0 Å². The Morgan fingerprint density at radius 2 is 2.19 bits per heavy atom. The van der Waals surface area contributed by atoms with Crippen LogP contribution in [0, 0.1) is 17.2 Å². The zero-order chi connectivity index (χ0) is 12.0. The molecule has 3 heteroatoms. The van der Waals surface area contributed by atoms with Crippen molar-refractivity contribution in [3.05, 3.63) is 23.8 Å². The van der Waals surface area contributed by atoms with E-state index in [1.807, 2.05) is 12.1 Å². The molecule has 0 aliphatic carbocycles. The summed E-state index contributed by atoms with van der Waals surface area (Å²) in [5.74, 6) is 0.726. The van der Waals surface area contributed by atoms with Crippen LogP contribution in [0.2, 0.25) is 0 Å². The van der Waals surface area contributed by atoms with Crippen LogP contribution in [0.15, 0.2) is 18.2 Å². The van der Waals surface area contributed by atoms with Crippen molar-refractivity contribution in [2.24, 2.45) is 5.92 Å². The molecule has 0 unspecified atom stereocenters. The summed E-state index contributed by atoms with van der Waals surface area (Å²) >= 11 is 0. The van der Waals surface area contributed by atoms with Crippen molar-refractivity contribution >= 4 is 11.4 Å². The fraction of sp³-hybridized carbons (Fsp3) is 0.462. The van der Waals surface area contributed by atoms with E-state index in [1.54, 1.807) is 6.07 Å². The van der Waals surface area contributed by atoms with Gasteiger partial charge in [0, 0.05) is 12.2 Å². The van der Waals surface area contributed by atoms with Crippen LogP contribution >= 0.6 is 0 Å². The van der Waals surface area contributed by atoms with Gasteiger partial charge >= 0.3 is 0 Å². The summed E-state index contributed by atoms with van der Waals surface area (Å²) in [7, 11) is 0. The molecule has 1 aromatic carbocycles. The second kappa shape index (κ2) is 6.02. The van der Waals surface area contributed by atoms with E-state index in [0.717, 1.165) is 24.6 Å². The Morgan fingerprint density at radius 1 is 1.44 bits per heavy atom. The summed E-state index contributed by atoms with van der Waals surface area (Å²) < 4.78 is 0. The molecule has 3 nitrogen and oxygen atoms in total. The minimum absolute atomic E-state index is 0.615. The van der Waals surface area contributed by atoms with Gasteiger partial charge in [-0.3, -0.25) is 0 Å². The summed E-state index contributed by atoms with van der Waals surface area (Å²) in [4.78, 5) is 0. The SMILES string of the molecule is CC(C)CCCNc1ccc(N)cc1C#N. The average molecular weight is 217 g/mol.